The van der Waals surface area contributed by atoms with Crippen LogP contribution in [0, 0.1) is 0 Å². The van der Waals surface area contributed by atoms with E-state index < -0.39 is 50.1 Å². The molecule has 0 fully saturated rings. The van der Waals surface area contributed by atoms with Crippen LogP contribution in [0.3, 0.4) is 0 Å². The Morgan fingerprint density at radius 3 is 0.808 bits per heavy atom. The van der Waals surface area contributed by atoms with Gasteiger partial charge in [-0.1, -0.05) is 0 Å². The molecule has 0 spiro atoms. The molecule has 0 aromatic rings. The van der Waals surface area contributed by atoms with Gasteiger partial charge in [0.25, 0.3) is 0 Å². The standard InChI is InChI=1S/C10H16N2O8.Mn.2Na.3H2O/c13-7(14)3-11(4-8(15)16)1-2-12(5-9(17)18)6-10(19)20;;;;;;/h1-6H2,(H,13,14)(H,15,16)(H,17,18)(H,19,20);;;;3*1H2/q;+2;2*+1;;;/p-4. The summed E-state index contributed by atoms with van der Waals surface area (Å²) in [7, 11) is 0. The fourth-order valence-corrected chi connectivity index (χ4v) is 1.44. The van der Waals surface area contributed by atoms with Gasteiger partial charge in [0.2, 0.25) is 0 Å². The first-order chi connectivity index (χ1) is 9.20. The Kier molecular flexibility index (Phi) is 43.7. The summed E-state index contributed by atoms with van der Waals surface area (Å²) in [5, 5.41) is 41.6. The van der Waals surface area contributed by atoms with Crippen molar-refractivity contribution in [3.8, 4) is 0 Å². The molecule has 0 atom stereocenters. The molecule has 0 heterocycles. The third kappa shape index (κ3) is 29.0. The van der Waals surface area contributed by atoms with Crippen molar-refractivity contribution >= 4 is 23.9 Å². The summed E-state index contributed by atoms with van der Waals surface area (Å²) in [5.74, 6) is -6.12. The van der Waals surface area contributed by atoms with Crippen molar-refractivity contribution in [2.24, 2.45) is 0 Å². The van der Waals surface area contributed by atoms with Crippen molar-refractivity contribution in [2.75, 3.05) is 39.3 Å². The average molecular weight is 443 g/mol. The van der Waals surface area contributed by atoms with E-state index in [9.17, 15) is 39.6 Å². The second-order valence-electron chi connectivity index (χ2n) is 3.91. The van der Waals surface area contributed by atoms with Crippen LogP contribution in [0.5, 0.6) is 0 Å². The van der Waals surface area contributed by atoms with E-state index in [4.69, 9.17) is 0 Å². The van der Waals surface area contributed by atoms with Crippen LogP contribution in [-0.4, -0.2) is 89.4 Å². The van der Waals surface area contributed by atoms with Gasteiger partial charge in [0, 0.05) is 39.3 Å². The van der Waals surface area contributed by atoms with Crippen LogP contribution in [0.25, 0.3) is 0 Å². The van der Waals surface area contributed by atoms with E-state index in [1.807, 2.05) is 0 Å². The van der Waals surface area contributed by atoms with Gasteiger partial charge in [-0.2, -0.15) is 0 Å². The number of carboxylic acid groups (broad SMARTS) is 4. The van der Waals surface area contributed by atoms with E-state index >= 15 is 0 Å². The molecule has 0 aromatic carbocycles. The first-order valence-electron chi connectivity index (χ1n) is 5.44. The Morgan fingerprint density at radius 2 is 0.692 bits per heavy atom. The van der Waals surface area contributed by atoms with Crippen molar-refractivity contribution in [1.29, 1.82) is 0 Å². The predicted molar refractivity (Wildman–Crippen MR) is 63.7 cm³/mol. The Labute approximate surface area is 203 Å². The summed E-state index contributed by atoms with van der Waals surface area (Å²) in [6.07, 6.45) is 0. The van der Waals surface area contributed by atoms with Gasteiger partial charge in [-0.25, -0.2) is 0 Å². The maximum absolute atomic E-state index is 10.4. The largest absolute Gasteiger partial charge is 2.00 e. The smallest absolute Gasteiger partial charge is 0.549 e. The molecule has 0 rings (SSSR count). The van der Waals surface area contributed by atoms with Crippen molar-refractivity contribution in [1.82, 2.24) is 9.80 Å². The van der Waals surface area contributed by atoms with E-state index in [1.165, 1.54) is 0 Å². The molecule has 0 aliphatic rings. The first kappa shape index (κ1) is 45.1. The summed E-state index contributed by atoms with van der Waals surface area (Å²) >= 11 is 0. The molecule has 16 heteroatoms. The fourth-order valence-electron chi connectivity index (χ4n) is 1.44. The van der Waals surface area contributed by atoms with Crippen molar-refractivity contribution in [3.05, 3.63) is 0 Å². The quantitative estimate of drug-likeness (QED) is 0.272. The van der Waals surface area contributed by atoms with Gasteiger partial charge < -0.3 is 56.0 Å². The molecule has 0 amide bonds. The molecule has 26 heavy (non-hydrogen) atoms. The van der Waals surface area contributed by atoms with Crippen molar-refractivity contribution in [3.63, 3.8) is 0 Å². The van der Waals surface area contributed by atoms with Gasteiger partial charge in [0.15, 0.2) is 0 Å². The van der Waals surface area contributed by atoms with E-state index in [0.29, 0.717) is 0 Å². The summed E-state index contributed by atoms with van der Waals surface area (Å²) in [6, 6.07) is 0. The summed E-state index contributed by atoms with van der Waals surface area (Å²) in [5.41, 5.74) is 0. The number of hydrogen-bond donors (Lipinski definition) is 0. The number of hydrogen-bond acceptors (Lipinski definition) is 10. The van der Waals surface area contributed by atoms with Gasteiger partial charge >= 0.3 is 76.2 Å². The Hall–Kier alpha value is 0.199. The zero-order chi connectivity index (χ0) is 15.7. The van der Waals surface area contributed by atoms with Gasteiger partial charge in [0.05, 0.1) is 23.9 Å². The van der Waals surface area contributed by atoms with Gasteiger partial charge in [-0.3, -0.25) is 9.80 Å². The number of carbonyl (C=O) groups is 4. The molecule has 0 saturated carbocycles. The Bertz CT molecular complexity index is 335. The molecule has 0 aromatic heterocycles. The maximum atomic E-state index is 10.4. The molecule has 0 bridgehead atoms. The first-order valence-corrected chi connectivity index (χ1v) is 5.44. The number of carboxylic acids is 4. The zero-order valence-corrected chi connectivity index (χ0v) is 19.5. The molecule has 0 aliphatic carbocycles. The molecular formula is C10H18MnN2Na2O11. The Balaban J connectivity index is -0.000000120. The minimum absolute atomic E-state index is 0. The molecule has 6 N–H and O–H groups in total. The van der Waals surface area contributed by atoms with Crippen LogP contribution in [0.4, 0.5) is 0 Å². The van der Waals surface area contributed by atoms with E-state index in [-0.39, 0.29) is 106 Å². The molecule has 0 aliphatic heterocycles. The third-order valence-electron chi connectivity index (χ3n) is 2.14. The molecular weight excluding hydrogens is 425 g/mol. The predicted octanol–water partition coefficient (Wildman–Crippen LogP) is -15.9. The normalized spacial score (nSPS) is 8.23. The van der Waals surface area contributed by atoms with Gasteiger partial charge in [-0.05, 0) is 0 Å². The average Bonchev–Trinajstić information content (AvgIpc) is 2.22. The number of nitrogens with zero attached hydrogens (tertiary/aromatic N) is 2. The minimum atomic E-state index is -1.53. The summed E-state index contributed by atoms with van der Waals surface area (Å²) in [6.45, 7) is -3.25. The fraction of sp³-hybridized carbons (Fsp3) is 0.600. The van der Waals surface area contributed by atoms with Crippen LogP contribution >= 0.6 is 0 Å². The molecule has 13 nitrogen and oxygen atoms in total. The van der Waals surface area contributed by atoms with Crippen molar-refractivity contribution < 1.29 is 132 Å². The minimum Gasteiger partial charge on any atom is -0.549 e. The van der Waals surface area contributed by atoms with Crippen LogP contribution in [0.1, 0.15) is 0 Å². The van der Waals surface area contributed by atoms with E-state index in [1.54, 1.807) is 0 Å². The number of rotatable bonds is 11. The van der Waals surface area contributed by atoms with E-state index in [0.717, 1.165) is 9.80 Å². The van der Waals surface area contributed by atoms with Crippen LogP contribution in [-0.2, 0) is 36.2 Å². The molecule has 1 radical (unpaired) electrons. The second-order valence-corrected chi connectivity index (χ2v) is 3.91. The third-order valence-corrected chi connectivity index (χ3v) is 2.14. The van der Waals surface area contributed by atoms with E-state index in [2.05, 4.69) is 0 Å². The van der Waals surface area contributed by atoms with Gasteiger partial charge in [0.1, 0.15) is 0 Å². The topological polar surface area (TPSA) is 262 Å². The monoisotopic (exact) mass is 443 g/mol. The van der Waals surface area contributed by atoms with Gasteiger partial charge in [-0.15, -0.1) is 0 Å². The number of aliphatic carboxylic acids is 4. The summed E-state index contributed by atoms with van der Waals surface area (Å²) in [4.78, 5) is 43.4. The molecule has 0 saturated heterocycles. The second kappa shape index (κ2) is 25.2. The molecule has 143 valence electrons. The van der Waals surface area contributed by atoms with Crippen LogP contribution < -0.4 is 79.5 Å². The summed E-state index contributed by atoms with van der Waals surface area (Å²) < 4.78 is 0. The zero-order valence-electron chi connectivity index (χ0n) is 14.3. The van der Waals surface area contributed by atoms with Crippen LogP contribution in [0.15, 0.2) is 0 Å². The maximum Gasteiger partial charge on any atom is 2.00 e. The van der Waals surface area contributed by atoms with Crippen molar-refractivity contribution in [2.45, 2.75) is 0 Å². The Morgan fingerprint density at radius 1 is 0.538 bits per heavy atom. The number of carbonyl (C=O) groups excluding carboxylic acids is 4. The van der Waals surface area contributed by atoms with Crippen LogP contribution in [0.2, 0.25) is 0 Å². The SMILES string of the molecule is O.O.O.O=C([O-])CN(CCN(CC(=O)[O-])CC(=O)[O-])CC(=O)[O-].[Mn+2].[Na+].[Na+]. The molecule has 0 unspecified atom stereocenters.